The first-order valence-corrected chi connectivity index (χ1v) is 25.0. The first kappa shape index (κ1) is 56.3. The van der Waals surface area contributed by atoms with Crippen LogP contribution in [-0.4, -0.2) is 134 Å². The zero-order valence-electron chi connectivity index (χ0n) is 45.1. The number of ether oxygens (including phenoxy) is 8. The number of hydrogen-bond donors (Lipinski definition) is 9. The van der Waals surface area contributed by atoms with Gasteiger partial charge in [-0.1, -0.05) is 0 Å². The van der Waals surface area contributed by atoms with Crippen LogP contribution in [0.15, 0.2) is 73.2 Å². The van der Waals surface area contributed by atoms with Crippen LogP contribution in [0.5, 0.6) is 23.0 Å². The molecule has 2 unspecified atom stereocenters. The van der Waals surface area contributed by atoms with Gasteiger partial charge in [0.05, 0.1) is 27.5 Å². The van der Waals surface area contributed by atoms with E-state index in [2.05, 4.69) is 25.6 Å². The van der Waals surface area contributed by atoms with Gasteiger partial charge in [0.1, 0.15) is 52.0 Å². The van der Waals surface area contributed by atoms with Crippen molar-refractivity contribution in [2.75, 3.05) is 24.9 Å². The smallest absolute Gasteiger partial charge is 0.364 e. The number of aromatic amines is 3. The molecule has 9 N–H and O–H groups in total. The Morgan fingerprint density at radius 2 is 1.00 bits per heavy atom. The van der Waals surface area contributed by atoms with E-state index in [0.717, 1.165) is 6.20 Å². The molecule has 8 atom stereocenters. The zero-order chi connectivity index (χ0) is 58.0. The Morgan fingerprint density at radius 1 is 0.588 bits per heavy atom. The summed E-state index contributed by atoms with van der Waals surface area (Å²) in [5.74, 6) is -4.71. The summed E-state index contributed by atoms with van der Waals surface area (Å²) in [5.41, 5.74) is -4.60. The van der Waals surface area contributed by atoms with Gasteiger partial charge in [0.15, 0.2) is 47.3 Å². The SMILES string of the molecule is CO[C@@H]1[C@@H](OC(=O)c2ccc(C)[nH]2)[C@@H](O)C(Oc2ccc3c(O)c(NC(=O)c4c[nH]c(C(=O)Nc5c(O)c6ccc(OC7OC(C)(C)[C@H](OC)[C@@H](OC(=O)c8ccc(C)[nH]8)[C@H]7O)c(C)c6oc5=O)c4C)c(=O)oc3c2C)OC1(C)C. The van der Waals surface area contributed by atoms with E-state index in [0.29, 0.717) is 11.4 Å². The number of methoxy groups -OCH3 is 2. The Morgan fingerprint density at radius 3 is 1.39 bits per heavy atom. The molecule has 80 heavy (non-hydrogen) atoms. The first-order chi connectivity index (χ1) is 37.7. The number of aromatic nitrogens is 3. The maximum absolute atomic E-state index is 13.7. The van der Waals surface area contributed by atoms with Crippen LogP contribution >= 0.6 is 0 Å². The van der Waals surface area contributed by atoms with Gasteiger partial charge in [-0.25, -0.2) is 19.2 Å². The van der Waals surface area contributed by atoms with E-state index in [1.807, 2.05) is 0 Å². The van der Waals surface area contributed by atoms with Crippen molar-refractivity contribution in [1.29, 1.82) is 0 Å². The molecule has 424 valence electrons. The molecule has 9 rings (SSSR count). The minimum atomic E-state index is -1.59. The quantitative estimate of drug-likeness (QED) is 0.0474. The molecule has 2 amide bonds. The van der Waals surface area contributed by atoms with E-state index in [-0.39, 0.29) is 72.8 Å². The number of aromatic hydroxyl groups is 2. The van der Waals surface area contributed by atoms with E-state index < -0.39 is 118 Å². The number of amides is 2. The molecule has 2 aliphatic heterocycles. The van der Waals surface area contributed by atoms with Crippen LogP contribution in [0.2, 0.25) is 0 Å². The molecule has 2 aromatic carbocycles. The molecular formula is C55H59N5O20. The summed E-state index contributed by atoms with van der Waals surface area (Å²) in [7, 11) is 2.76. The number of H-pyrrole nitrogens is 3. The van der Waals surface area contributed by atoms with Crippen LogP contribution in [0.4, 0.5) is 11.4 Å². The van der Waals surface area contributed by atoms with Crippen molar-refractivity contribution >= 4 is 57.1 Å². The molecule has 2 aliphatic rings. The second kappa shape index (κ2) is 21.3. The van der Waals surface area contributed by atoms with Gasteiger partial charge < -0.3 is 92.7 Å². The molecule has 25 heteroatoms. The lowest BCUT2D eigenvalue weighted by molar-refractivity contribution is -0.305. The predicted molar refractivity (Wildman–Crippen MR) is 281 cm³/mol. The van der Waals surface area contributed by atoms with Crippen molar-refractivity contribution in [2.45, 2.75) is 123 Å². The van der Waals surface area contributed by atoms with Gasteiger partial charge in [0.2, 0.25) is 12.6 Å². The molecule has 7 aromatic rings. The Hall–Kier alpha value is -8.46. The number of anilines is 2. The number of rotatable bonds is 14. The number of fused-ring (bicyclic) bond motifs is 2. The van der Waals surface area contributed by atoms with Crippen molar-refractivity contribution < 1.29 is 86.3 Å². The largest absolute Gasteiger partial charge is 0.505 e. The highest BCUT2D eigenvalue weighted by Crippen LogP contribution is 2.41. The molecule has 7 heterocycles. The van der Waals surface area contributed by atoms with Gasteiger partial charge in [-0.3, -0.25) is 9.59 Å². The second-order valence-electron chi connectivity index (χ2n) is 20.5. The molecule has 0 bridgehead atoms. The van der Waals surface area contributed by atoms with Gasteiger partial charge in [-0.15, -0.1) is 0 Å². The average Bonchev–Trinajstić information content (AvgIpc) is 4.22. The number of carbonyl (C=O) groups is 4. The Labute approximate surface area is 454 Å². The third-order valence-corrected chi connectivity index (χ3v) is 14.2. The Kier molecular flexibility index (Phi) is 15.0. The summed E-state index contributed by atoms with van der Waals surface area (Å²) in [6.45, 7) is 14.6. The normalized spacial score (nSPS) is 22.4. The van der Waals surface area contributed by atoms with E-state index in [4.69, 9.17) is 46.7 Å². The minimum absolute atomic E-state index is 0.0247. The summed E-state index contributed by atoms with van der Waals surface area (Å²) in [6.07, 6.45) is -9.34. The van der Waals surface area contributed by atoms with Crippen LogP contribution in [0.25, 0.3) is 21.9 Å². The molecule has 25 nitrogen and oxygen atoms in total. The molecule has 5 aromatic heterocycles. The molecule has 0 spiro atoms. The summed E-state index contributed by atoms with van der Waals surface area (Å²) < 4.78 is 58.3. The molecule has 2 saturated heterocycles. The average molecular weight is 1110 g/mol. The minimum Gasteiger partial charge on any atom is -0.505 e. The Bertz CT molecular complexity index is 3480. The second-order valence-corrected chi connectivity index (χ2v) is 20.5. The predicted octanol–water partition coefficient (Wildman–Crippen LogP) is 5.57. The monoisotopic (exact) mass is 1110 g/mol. The van der Waals surface area contributed by atoms with Gasteiger partial charge >= 0.3 is 23.2 Å². The van der Waals surface area contributed by atoms with Gasteiger partial charge in [-0.05, 0) is 116 Å². The lowest BCUT2D eigenvalue weighted by Crippen LogP contribution is -2.65. The number of aliphatic hydroxyl groups is 2. The van der Waals surface area contributed by atoms with E-state index in [9.17, 15) is 49.2 Å². The number of carbonyl (C=O) groups excluding carboxylic acids is 4. The van der Waals surface area contributed by atoms with Crippen molar-refractivity contribution in [3.05, 3.63) is 126 Å². The van der Waals surface area contributed by atoms with E-state index >= 15 is 0 Å². The number of benzene rings is 2. The third kappa shape index (κ3) is 10.2. The van der Waals surface area contributed by atoms with Crippen LogP contribution in [0.3, 0.4) is 0 Å². The van der Waals surface area contributed by atoms with Gasteiger partial charge in [0.25, 0.3) is 11.8 Å². The van der Waals surface area contributed by atoms with E-state index in [1.54, 1.807) is 53.7 Å². The molecular weight excluding hydrogens is 1050 g/mol. The maximum Gasteiger partial charge on any atom is 0.364 e. The fraction of sp³-hybridized carbons (Fsp3) is 0.382. The first-order valence-electron chi connectivity index (χ1n) is 25.0. The third-order valence-electron chi connectivity index (χ3n) is 14.2. The molecule has 0 saturated carbocycles. The number of aliphatic hydroxyl groups excluding tert-OH is 2. The number of nitrogens with one attached hydrogen (secondary N) is 5. The van der Waals surface area contributed by atoms with Crippen molar-refractivity contribution in [3.63, 3.8) is 0 Å². The molecule has 2 fully saturated rings. The van der Waals surface area contributed by atoms with Crippen molar-refractivity contribution in [1.82, 2.24) is 15.0 Å². The number of aryl methyl sites for hydroxylation is 4. The summed E-state index contributed by atoms with van der Waals surface area (Å²) in [5, 5.41) is 50.4. The number of esters is 2. The van der Waals surface area contributed by atoms with Crippen molar-refractivity contribution in [2.24, 2.45) is 0 Å². The fourth-order valence-corrected chi connectivity index (χ4v) is 10.0. The molecule has 0 aliphatic carbocycles. The summed E-state index contributed by atoms with van der Waals surface area (Å²) >= 11 is 0. The highest BCUT2D eigenvalue weighted by molar-refractivity contribution is 6.12. The topological polar surface area (TPSA) is 355 Å². The molecule has 0 radical (unpaired) electrons. The summed E-state index contributed by atoms with van der Waals surface area (Å²) in [6, 6.07) is 11.9. The van der Waals surface area contributed by atoms with E-state index in [1.165, 1.54) is 71.4 Å². The van der Waals surface area contributed by atoms with Crippen LogP contribution in [0, 0.1) is 34.6 Å². The van der Waals surface area contributed by atoms with Crippen molar-refractivity contribution in [3.8, 4) is 23.0 Å². The Balaban J connectivity index is 0.890. The van der Waals surface area contributed by atoms with Crippen LogP contribution in [0.1, 0.15) is 97.6 Å². The highest BCUT2D eigenvalue weighted by Gasteiger charge is 2.55. The number of hydrogen-bond acceptors (Lipinski definition) is 20. The summed E-state index contributed by atoms with van der Waals surface area (Å²) in [4.78, 5) is 89.0. The van der Waals surface area contributed by atoms with Gasteiger partial charge in [-0.2, -0.15) is 0 Å². The highest BCUT2D eigenvalue weighted by atomic mass is 16.7. The van der Waals surface area contributed by atoms with Crippen LogP contribution in [-0.2, 0) is 28.4 Å². The maximum atomic E-state index is 13.7. The standard InChI is InChI=1S/C55H59N5O20/c1-21-12-16-29(57-21)48(67)77-42-38(63)52(79-54(6,7)44(42)71-10)73-31-18-14-26-36(61)34(50(69)75-40(26)24(31)4)59-46(65)28-20-56-33(23(28)3)47(66)60-35-37(62)27-15-19-32(25(5)41(27)76-51(35)70)74-53-39(64)43(45(72-11)55(8,9)80-53)78-49(68)30-17-13-22(2)58-30/h12-20,38-39,42-45,52-53,56-58,61-64H,1-11H3,(H,59,65)(H,60,66)/t38-,39-,42+,43+,44-,45-,52?,53?/m1/s1. The lowest BCUT2D eigenvalue weighted by atomic mass is 9.89. The van der Waals surface area contributed by atoms with Crippen LogP contribution < -0.4 is 31.4 Å². The fourth-order valence-electron chi connectivity index (χ4n) is 10.0. The lowest BCUT2D eigenvalue weighted by Gasteiger charge is -2.47. The zero-order valence-corrected chi connectivity index (χ0v) is 45.1. The van der Waals surface area contributed by atoms with Gasteiger partial charge in [0, 0.05) is 42.9 Å².